The number of amides is 2. The average Bonchev–Trinajstić information content (AvgIpc) is 2.29. The van der Waals surface area contributed by atoms with Crippen LogP contribution in [0.3, 0.4) is 0 Å². The molecule has 0 aromatic heterocycles. The summed E-state index contributed by atoms with van der Waals surface area (Å²) in [6, 6.07) is 0.242. The van der Waals surface area contributed by atoms with Crippen LogP contribution in [0.15, 0.2) is 0 Å². The number of hydrogen-bond donors (Lipinski definition) is 3. The van der Waals surface area contributed by atoms with E-state index in [0.29, 0.717) is 17.7 Å². The second kappa shape index (κ2) is 8.64. The zero-order valence-electron chi connectivity index (χ0n) is 11.4. The van der Waals surface area contributed by atoms with Crippen molar-refractivity contribution in [1.82, 2.24) is 10.6 Å². The second-order valence-electron chi connectivity index (χ2n) is 4.97. The van der Waals surface area contributed by atoms with Crippen LogP contribution in [0.5, 0.6) is 0 Å². The van der Waals surface area contributed by atoms with Crippen LogP contribution in [0.1, 0.15) is 46.0 Å². The van der Waals surface area contributed by atoms with Gasteiger partial charge in [0.05, 0.1) is 0 Å². The zero-order valence-corrected chi connectivity index (χ0v) is 12.3. The molecule has 5 heteroatoms. The third-order valence-corrected chi connectivity index (χ3v) is 4.54. The Labute approximate surface area is 114 Å². The largest absolute Gasteiger partial charge is 0.396 e. The molecule has 0 aliphatic heterocycles. The molecule has 1 saturated carbocycles. The van der Waals surface area contributed by atoms with Crippen molar-refractivity contribution in [3.05, 3.63) is 0 Å². The van der Waals surface area contributed by atoms with E-state index in [4.69, 9.17) is 5.11 Å². The lowest BCUT2D eigenvalue weighted by Gasteiger charge is -2.29. The Hall–Kier alpha value is -0.420. The number of rotatable bonds is 6. The number of urea groups is 1. The molecule has 18 heavy (non-hydrogen) atoms. The van der Waals surface area contributed by atoms with Crippen LogP contribution in [-0.4, -0.2) is 40.8 Å². The number of hydrogen-bond acceptors (Lipinski definition) is 3. The Morgan fingerprint density at radius 3 is 2.94 bits per heavy atom. The number of nitrogens with one attached hydrogen (secondary N) is 2. The van der Waals surface area contributed by atoms with Gasteiger partial charge < -0.3 is 15.7 Å². The summed E-state index contributed by atoms with van der Waals surface area (Å²) in [5.41, 5.74) is 0. The third kappa shape index (κ3) is 5.96. The van der Waals surface area contributed by atoms with Gasteiger partial charge in [0.2, 0.25) is 0 Å². The standard InChI is InChI=1S/C13H26N2O2S/c1-3-18-12-6-4-5-11(9-12)15-13(17)14-10(2)7-8-16/h10-12,16H,3-9H2,1-2H3,(H2,14,15,17)/t10-,11?,12?/m1/s1. The third-order valence-electron chi connectivity index (χ3n) is 3.30. The van der Waals surface area contributed by atoms with Crippen molar-refractivity contribution in [3.8, 4) is 0 Å². The van der Waals surface area contributed by atoms with Crippen molar-refractivity contribution in [2.75, 3.05) is 12.4 Å². The first-order valence-electron chi connectivity index (χ1n) is 6.95. The van der Waals surface area contributed by atoms with Crippen LogP contribution in [0, 0.1) is 0 Å². The molecule has 2 unspecified atom stereocenters. The van der Waals surface area contributed by atoms with Gasteiger partial charge in [-0.15, -0.1) is 0 Å². The smallest absolute Gasteiger partial charge is 0.315 e. The first-order chi connectivity index (χ1) is 8.65. The predicted octanol–water partition coefficient (Wildman–Crippen LogP) is 2.12. The maximum Gasteiger partial charge on any atom is 0.315 e. The average molecular weight is 274 g/mol. The van der Waals surface area contributed by atoms with E-state index in [1.54, 1.807) is 0 Å². The molecule has 0 aromatic rings. The molecule has 3 atom stereocenters. The van der Waals surface area contributed by atoms with E-state index in [2.05, 4.69) is 17.6 Å². The summed E-state index contributed by atoms with van der Waals surface area (Å²) in [7, 11) is 0. The zero-order chi connectivity index (χ0) is 13.4. The molecule has 1 aliphatic rings. The summed E-state index contributed by atoms with van der Waals surface area (Å²) in [6.07, 6.45) is 5.25. The van der Waals surface area contributed by atoms with Crippen molar-refractivity contribution in [3.63, 3.8) is 0 Å². The first-order valence-corrected chi connectivity index (χ1v) is 8.00. The highest BCUT2D eigenvalue weighted by Gasteiger charge is 2.23. The maximum atomic E-state index is 11.8. The van der Waals surface area contributed by atoms with Crippen LogP contribution in [0.2, 0.25) is 0 Å². The summed E-state index contributed by atoms with van der Waals surface area (Å²) in [5.74, 6) is 1.15. The molecule has 0 spiro atoms. The van der Waals surface area contributed by atoms with Gasteiger partial charge in [0.25, 0.3) is 0 Å². The quantitative estimate of drug-likeness (QED) is 0.695. The lowest BCUT2D eigenvalue weighted by atomic mass is 9.95. The van der Waals surface area contributed by atoms with Crippen LogP contribution < -0.4 is 10.6 Å². The highest BCUT2D eigenvalue weighted by Crippen LogP contribution is 2.28. The van der Waals surface area contributed by atoms with Crippen molar-refractivity contribution < 1.29 is 9.90 Å². The lowest BCUT2D eigenvalue weighted by Crippen LogP contribution is -2.47. The van der Waals surface area contributed by atoms with E-state index >= 15 is 0 Å². The molecule has 106 valence electrons. The van der Waals surface area contributed by atoms with Gasteiger partial charge >= 0.3 is 6.03 Å². The lowest BCUT2D eigenvalue weighted by molar-refractivity contribution is 0.224. The van der Waals surface area contributed by atoms with E-state index in [1.165, 1.54) is 12.8 Å². The summed E-state index contributed by atoms with van der Waals surface area (Å²) in [6.45, 7) is 4.21. The fourth-order valence-corrected chi connectivity index (χ4v) is 3.55. The Morgan fingerprint density at radius 1 is 1.50 bits per heavy atom. The first kappa shape index (κ1) is 15.6. The normalized spacial score (nSPS) is 25.5. The number of aliphatic hydroxyl groups is 1. The molecule has 1 aliphatic carbocycles. The van der Waals surface area contributed by atoms with Gasteiger partial charge in [-0.1, -0.05) is 13.3 Å². The summed E-state index contributed by atoms with van der Waals surface area (Å²) < 4.78 is 0. The van der Waals surface area contributed by atoms with E-state index in [-0.39, 0.29) is 18.7 Å². The molecule has 4 nitrogen and oxygen atoms in total. The van der Waals surface area contributed by atoms with Gasteiger partial charge in [0.1, 0.15) is 0 Å². The predicted molar refractivity (Wildman–Crippen MR) is 77.0 cm³/mol. The monoisotopic (exact) mass is 274 g/mol. The summed E-state index contributed by atoms with van der Waals surface area (Å²) >= 11 is 2.00. The van der Waals surface area contributed by atoms with Crippen molar-refractivity contribution in [1.29, 1.82) is 0 Å². The fourth-order valence-electron chi connectivity index (χ4n) is 2.38. The number of carbonyl (C=O) groups is 1. The molecule has 0 aromatic carbocycles. The van der Waals surface area contributed by atoms with Gasteiger partial charge in [-0.2, -0.15) is 11.8 Å². The highest BCUT2D eigenvalue weighted by molar-refractivity contribution is 7.99. The Balaban J connectivity index is 2.26. The van der Waals surface area contributed by atoms with Crippen LogP contribution in [0.4, 0.5) is 4.79 Å². The number of aliphatic hydroxyl groups excluding tert-OH is 1. The molecular weight excluding hydrogens is 248 g/mol. The van der Waals surface area contributed by atoms with E-state index in [1.807, 2.05) is 18.7 Å². The Morgan fingerprint density at radius 2 is 2.28 bits per heavy atom. The minimum atomic E-state index is -0.0944. The van der Waals surface area contributed by atoms with Gasteiger partial charge in [-0.05, 0) is 38.4 Å². The molecule has 1 rings (SSSR count). The molecular formula is C13H26N2O2S. The summed E-state index contributed by atoms with van der Waals surface area (Å²) in [5, 5.41) is 15.4. The van der Waals surface area contributed by atoms with E-state index in [0.717, 1.165) is 18.6 Å². The van der Waals surface area contributed by atoms with E-state index < -0.39 is 0 Å². The molecule has 0 heterocycles. The van der Waals surface area contributed by atoms with Gasteiger partial charge in [-0.3, -0.25) is 0 Å². The fraction of sp³-hybridized carbons (Fsp3) is 0.923. The highest BCUT2D eigenvalue weighted by atomic mass is 32.2. The molecule has 0 saturated heterocycles. The summed E-state index contributed by atoms with van der Waals surface area (Å²) in [4.78, 5) is 11.8. The van der Waals surface area contributed by atoms with Crippen molar-refractivity contribution in [2.24, 2.45) is 0 Å². The van der Waals surface area contributed by atoms with Crippen LogP contribution in [0.25, 0.3) is 0 Å². The van der Waals surface area contributed by atoms with Crippen LogP contribution >= 0.6 is 11.8 Å². The number of thioether (sulfide) groups is 1. The number of carbonyl (C=O) groups excluding carboxylic acids is 1. The van der Waals surface area contributed by atoms with Gasteiger partial charge in [0.15, 0.2) is 0 Å². The van der Waals surface area contributed by atoms with E-state index in [9.17, 15) is 4.79 Å². The molecule has 0 radical (unpaired) electrons. The maximum absolute atomic E-state index is 11.8. The Kier molecular flexibility index (Phi) is 7.51. The Bertz CT molecular complexity index is 249. The molecule has 3 N–H and O–H groups in total. The molecule has 1 fully saturated rings. The SMILES string of the molecule is CCSC1CCCC(NC(=O)N[C@H](C)CCO)C1. The van der Waals surface area contributed by atoms with Crippen molar-refractivity contribution in [2.45, 2.75) is 63.3 Å². The van der Waals surface area contributed by atoms with Crippen molar-refractivity contribution >= 4 is 17.8 Å². The van der Waals surface area contributed by atoms with Gasteiger partial charge in [-0.25, -0.2) is 4.79 Å². The topological polar surface area (TPSA) is 61.4 Å². The molecule has 0 bridgehead atoms. The van der Waals surface area contributed by atoms with Crippen LogP contribution in [-0.2, 0) is 0 Å². The van der Waals surface area contributed by atoms with Gasteiger partial charge in [0, 0.05) is 23.9 Å². The second-order valence-corrected chi connectivity index (χ2v) is 6.55. The minimum absolute atomic E-state index is 0.0272. The minimum Gasteiger partial charge on any atom is -0.396 e. The molecule has 2 amide bonds.